The second-order valence-corrected chi connectivity index (χ2v) is 4.20. The molecule has 0 unspecified atom stereocenters. The lowest BCUT2D eigenvalue weighted by Crippen LogP contribution is -2.40. The van der Waals surface area contributed by atoms with Crippen LogP contribution >= 0.6 is 0 Å². The van der Waals surface area contributed by atoms with E-state index in [2.05, 4.69) is 5.32 Å². The van der Waals surface area contributed by atoms with Crippen molar-refractivity contribution in [2.45, 2.75) is 51.0 Å². The Kier molecular flexibility index (Phi) is 10.9. The van der Waals surface area contributed by atoms with E-state index in [1.165, 1.54) is 0 Å². The Labute approximate surface area is 103 Å². The first-order valence-corrected chi connectivity index (χ1v) is 6.39. The van der Waals surface area contributed by atoms with Gasteiger partial charge in [-0.15, -0.1) is 0 Å². The Bertz CT molecular complexity index is 210. The number of amides is 1. The fourth-order valence-corrected chi connectivity index (χ4v) is 1.51. The van der Waals surface area contributed by atoms with Crippen molar-refractivity contribution < 1.29 is 9.59 Å². The molecule has 1 amide bonds. The third-order valence-electron chi connectivity index (χ3n) is 2.60. The molecule has 0 spiro atoms. The Morgan fingerprint density at radius 1 is 1.18 bits per heavy atom. The quantitative estimate of drug-likeness (QED) is 0.359. The minimum Gasteiger partial charge on any atom is -0.355 e. The average molecular weight is 243 g/mol. The molecule has 0 aromatic carbocycles. The molecular weight excluding hydrogens is 218 g/mol. The number of hydrogen-bond donors (Lipinski definition) is 3. The van der Waals surface area contributed by atoms with E-state index < -0.39 is 6.04 Å². The number of aldehydes is 1. The molecule has 5 heteroatoms. The van der Waals surface area contributed by atoms with Gasteiger partial charge in [-0.05, 0) is 32.2 Å². The van der Waals surface area contributed by atoms with Crippen LogP contribution in [0.15, 0.2) is 0 Å². The Morgan fingerprint density at radius 3 is 2.59 bits per heavy atom. The number of unbranched alkanes of at least 4 members (excludes halogenated alkanes) is 4. The number of carbonyl (C=O) groups excluding carboxylic acids is 2. The maximum absolute atomic E-state index is 11.5. The van der Waals surface area contributed by atoms with Gasteiger partial charge in [0, 0.05) is 13.0 Å². The number of nitrogens with two attached hydrogens (primary N) is 2. The van der Waals surface area contributed by atoms with Crippen molar-refractivity contribution in [1.82, 2.24) is 5.32 Å². The van der Waals surface area contributed by atoms with Crippen LogP contribution in [0.5, 0.6) is 0 Å². The van der Waals surface area contributed by atoms with Gasteiger partial charge in [0.2, 0.25) is 5.91 Å². The van der Waals surface area contributed by atoms with Crippen molar-refractivity contribution >= 4 is 12.2 Å². The maximum atomic E-state index is 11.5. The highest BCUT2D eigenvalue weighted by atomic mass is 16.2. The average Bonchev–Trinajstić information content (AvgIpc) is 2.33. The summed E-state index contributed by atoms with van der Waals surface area (Å²) in [5, 5.41) is 2.80. The van der Waals surface area contributed by atoms with Gasteiger partial charge in [-0.3, -0.25) is 4.79 Å². The van der Waals surface area contributed by atoms with Crippen molar-refractivity contribution in [1.29, 1.82) is 0 Å². The molecule has 0 aromatic heterocycles. The lowest BCUT2D eigenvalue weighted by atomic mass is 10.1. The standard InChI is InChI=1S/C12H25N3O2/c13-8-4-3-7-11(14)12(17)15-9-5-1-2-6-10-16/h10-11H,1-9,13-14H2,(H,15,17)/t11-/m0/s1. The molecule has 0 saturated carbocycles. The highest BCUT2D eigenvalue weighted by Gasteiger charge is 2.11. The second-order valence-electron chi connectivity index (χ2n) is 4.20. The van der Waals surface area contributed by atoms with Crippen molar-refractivity contribution in [2.24, 2.45) is 11.5 Å². The van der Waals surface area contributed by atoms with Crippen LogP contribution in [0.25, 0.3) is 0 Å². The van der Waals surface area contributed by atoms with Crippen LogP contribution in [-0.2, 0) is 9.59 Å². The van der Waals surface area contributed by atoms with E-state index in [1.807, 2.05) is 0 Å². The van der Waals surface area contributed by atoms with Gasteiger partial charge in [-0.1, -0.05) is 12.8 Å². The highest BCUT2D eigenvalue weighted by Crippen LogP contribution is 1.99. The molecule has 0 aliphatic carbocycles. The highest BCUT2D eigenvalue weighted by molar-refractivity contribution is 5.81. The van der Waals surface area contributed by atoms with Crippen LogP contribution in [0, 0.1) is 0 Å². The zero-order valence-corrected chi connectivity index (χ0v) is 10.5. The first kappa shape index (κ1) is 16.1. The minimum absolute atomic E-state index is 0.0857. The van der Waals surface area contributed by atoms with E-state index in [4.69, 9.17) is 11.5 Å². The summed E-state index contributed by atoms with van der Waals surface area (Å²) in [7, 11) is 0. The van der Waals surface area contributed by atoms with Crippen molar-refractivity contribution in [3.8, 4) is 0 Å². The van der Waals surface area contributed by atoms with E-state index in [1.54, 1.807) is 0 Å². The molecule has 0 heterocycles. The van der Waals surface area contributed by atoms with E-state index in [0.717, 1.165) is 38.4 Å². The summed E-state index contributed by atoms with van der Waals surface area (Å²) in [6, 6.07) is -0.420. The van der Waals surface area contributed by atoms with Crippen LogP contribution in [0.1, 0.15) is 44.9 Å². The van der Waals surface area contributed by atoms with Gasteiger partial charge in [0.15, 0.2) is 0 Å². The first-order valence-electron chi connectivity index (χ1n) is 6.39. The maximum Gasteiger partial charge on any atom is 0.236 e. The first-order chi connectivity index (χ1) is 8.22. The Morgan fingerprint density at radius 2 is 1.94 bits per heavy atom. The largest absolute Gasteiger partial charge is 0.355 e. The van der Waals surface area contributed by atoms with Gasteiger partial charge in [0.25, 0.3) is 0 Å². The molecule has 0 aromatic rings. The number of rotatable bonds is 11. The minimum atomic E-state index is -0.420. The normalized spacial score (nSPS) is 12.1. The zero-order chi connectivity index (χ0) is 12.9. The molecule has 1 atom stereocenters. The molecule has 0 bridgehead atoms. The lowest BCUT2D eigenvalue weighted by Gasteiger charge is -2.11. The number of hydrogen-bond acceptors (Lipinski definition) is 4. The molecule has 0 rings (SSSR count). The van der Waals surface area contributed by atoms with Gasteiger partial charge in [0.1, 0.15) is 6.29 Å². The van der Waals surface area contributed by atoms with E-state index in [9.17, 15) is 9.59 Å². The summed E-state index contributed by atoms with van der Waals surface area (Å²) in [5.41, 5.74) is 11.1. The molecular formula is C12H25N3O2. The SMILES string of the molecule is NCCCC[C@H](N)C(=O)NCCCCCC=O. The fourth-order valence-electron chi connectivity index (χ4n) is 1.51. The lowest BCUT2D eigenvalue weighted by molar-refractivity contribution is -0.122. The van der Waals surface area contributed by atoms with Gasteiger partial charge >= 0.3 is 0 Å². The van der Waals surface area contributed by atoms with Crippen LogP contribution in [-0.4, -0.2) is 31.3 Å². The van der Waals surface area contributed by atoms with Crippen LogP contribution < -0.4 is 16.8 Å². The summed E-state index contributed by atoms with van der Waals surface area (Å²) in [6.45, 7) is 1.29. The van der Waals surface area contributed by atoms with Gasteiger partial charge < -0.3 is 21.6 Å². The van der Waals surface area contributed by atoms with Gasteiger partial charge in [-0.2, -0.15) is 0 Å². The molecule has 0 radical (unpaired) electrons. The van der Waals surface area contributed by atoms with Gasteiger partial charge in [-0.25, -0.2) is 0 Å². The van der Waals surface area contributed by atoms with Crippen LogP contribution in [0.3, 0.4) is 0 Å². The van der Waals surface area contributed by atoms with Crippen LogP contribution in [0.2, 0.25) is 0 Å². The molecule has 0 saturated heterocycles. The van der Waals surface area contributed by atoms with E-state index >= 15 is 0 Å². The van der Waals surface area contributed by atoms with Crippen LogP contribution in [0.4, 0.5) is 0 Å². The molecule has 0 aliphatic rings. The van der Waals surface area contributed by atoms with E-state index in [-0.39, 0.29) is 5.91 Å². The third kappa shape index (κ3) is 9.96. The second kappa shape index (κ2) is 11.5. The van der Waals surface area contributed by atoms with Crippen molar-refractivity contribution in [3.05, 3.63) is 0 Å². The Balaban J connectivity index is 3.40. The fraction of sp³-hybridized carbons (Fsp3) is 0.833. The summed E-state index contributed by atoms with van der Waals surface area (Å²) in [5.74, 6) is -0.0857. The third-order valence-corrected chi connectivity index (χ3v) is 2.60. The Hall–Kier alpha value is -0.940. The molecule has 0 fully saturated rings. The predicted molar refractivity (Wildman–Crippen MR) is 68.4 cm³/mol. The van der Waals surface area contributed by atoms with Crippen molar-refractivity contribution in [3.63, 3.8) is 0 Å². The summed E-state index contributed by atoms with van der Waals surface area (Å²) in [4.78, 5) is 21.6. The number of carbonyl (C=O) groups is 2. The number of nitrogens with one attached hydrogen (secondary N) is 1. The monoisotopic (exact) mass is 243 g/mol. The van der Waals surface area contributed by atoms with E-state index in [0.29, 0.717) is 25.9 Å². The summed E-state index contributed by atoms with van der Waals surface area (Å²) < 4.78 is 0. The summed E-state index contributed by atoms with van der Waals surface area (Å²) >= 11 is 0. The zero-order valence-electron chi connectivity index (χ0n) is 10.5. The molecule has 17 heavy (non-hydrogen) atoms. The smallest absolute Gasteiger partial charge is 0.236 e. The topological polar surface area (TPSA) is 98.2 Å². The van der Waals surface area contributed by atoms with Gasteiger partial charge in [0.05, 0.1) is 6.04 Å². The predicted octanol–water partition coefficient (Wildman–Crippen LogP) is 0.318. The molecule has 5 N–H and O–H groups in total. The molecule has 0 aliphatic heterocycles. The summed E-state index contributed by atoms with van der Waals surface area (Å²) in [6.07, 6.45) is 6.77. The molecule has 100 valence electrons. The van der Waals surface area contributed by atoms with Crippen molar-refractivity contribution in [2.75, 3.05) is 13.1 Å². The molecule has 5 nitrogen and oxygen atoms in total.